The average molecular weight is 333 g/mol. The van der Waals surface area contributed by atoms with E-state index in [-0.39, 0.29) is 6.10 Å². The minimum Gasteiger partial charge on any atom is -0.390 e. The number of likely N-dealkylation sites (tertiary alicyclic amines) is 1. The highest BCUT2D eigenvalue weighted by Gasteiger charge is 2.14. The molecule has 1 saturated heterocycles. The minimum absolute atomic E-state index is 0.262. The highest BCUT2D eigenvalue weighted by atomic mass is 79.9. The van der Waals surface area contributed by atoms with E-state index in [1.807, 2.05) is 0 Å². The molecule has 1 aliphatic heterocycles. The third kappa shape index (κ3) is 4.63. The number of thiophene rings is 1. The van der Waals surface area contributed by atoms with Crippen LogP contribution in [0.25, 0.3) is 0 Å². The number of hydrogen-bond acceptors (Lipinski definition) is 4. The molecule has 0 bridgehead atoms. The summed E-state index contributed by atoms with van der Waals surface area (Å²) in [5.41, 5.74) is 0. The molecule has 0 aliphatic carbocycles. The van der Waals surface area contributed by atoms with Crippen LogP contribution in [0.2, 0.25) is 0 Å². The topological polar surface area (TPSA) is 35.5 Å². The van der Waals surface area contributed by atoms with Crippen molar-refractivity contribution in [3.05, 3.63) is 20.8 Å². The first-order valence-electron chi connectivity index (χ1n) is 6.58. The lowest BCUT2D eigenvalue weighted by atomic mass is 10.1. The molecule has 2 rings (SSSR count). The molecule has 18 heavy (non-hydrogen) atoms. The van der Waals surface area contributed by atoms with Crippen molar-refractivity contribution in [2.75, 3.05) is 26.2 Å². The Morgan fingerprint density at radius 1 is 1.39 bits per heavy atom. The molecular weight excluding hydrogens is 312 g/mol. The van der Waals surface area contributed by atoms with Gasteiger partial charge in [0, 0.05) is 29.0 Å². The predicted octanol–water partition coefficient (Wildman–Crippen LogP) is 2.45. The first kappa shape index (κ1) is 14.5. The Morgan fingerprint density at radius 2 is 2.17 bits per heavy atom. The fourth-order valence-electron chi connectivity index (χ4n) is 2.31. The number of halogens is 1. The third-order valence-corrected chi connectivity index (χ3v) is 5.20. The zero-order valence-electron chi connectivity index (χ0n) is 10.6. The van der Waals surface area contributed by atoms with Crippen LogP contribution < -0.4 is 5.32 Å². The van der Waals surface area contributed by atoms with Gasteiger partial charge in [-0.15, -0.1) is 11.3 Å². The fourth-order valence-corrected chi connectivity index (χ4v) is 3.77. The van der Waals surface area contributed by atoms with E-state index in [4.69, 9.17) is 0 Å². The Balaban J connectivity index is 1.62. The summed E-state index contributed by atoms with van der Waals surface area (Å²) >= 11 is 5.25. The van der Waals surface area contributed by atoms with Crippen LogP contribution in [0.5, 0.6) is 0 Å². The van der Waals surface area contributed by atoms with Gasteiger partial charge in [0.2, 0.25) is 0 Å². The molecule has 0 spiro atoms. The zero-order valence-corrected chi connectivity index (χ0v) is 13.0. The first-order chi connectivity index (χ1) is 8.75. The molecule has 1 atom stereocenters. The number of aliphatic hydroxyl groups excluding tert-OH is 1. The lowest BCUT2D eigenvalue weighted by molar-refractivity contribution is 0.100. The van der Waals surface area contributed by atoms with Gasteiger partial charge in [-0.3, -0.25) is 0 Å². The fraction of sp³-hybridized carbons (Fsp3) is 0.692. The van der Waals surface area contributed by atoms with Crippen molar-refractivity contribution in [2.45, 2.75) is 31.9 Å². The molecule has 2 N–H and O–H groups in total. The molecule has 0 radical (unpaired) electrons. The van der Waals surface area contributed by atoms with E-state index in [9.17, 15) is 5.11 Å². The lowest BCUT2D eigenvalue weighted by Gasteiger charge is -2.28. The van der Waals surface area contributed by atoms with E-state index < -0.39 is 0 Å². The van der Waals surface area contributed by atoms with Crippen LogP contribution in [0.15, 0.2) is 15.9 Å². The van der Waals surface area contributed by atoms with Gasteiger partial charge < -0.3 is 15.3 Å². The van der Waals surface area contributed by atoms with E-state index in [1.54, 1.807) is 11.3 Å². The van der Waals surface area contributed by atoms with Crippen molar-refractivity contribution in [3.8, 4) is 0 Å². The highest BCUT2D eigenvalue weighted by molar-refractivity contribution is 9.10. The molecule has 0 aromatic carbocycles. The summed E-state index contributed by atoms with van der Waals surface area (Å²) in [7, 11) is 0. The summed E-state index contributed by atoms with van der Waals surface area (Å²) in [6.07, 6.45) is 3.64. The van der Waals surface area contributed by atoms with Crippen molar-refractivity contribution in [1.82, 2.24) is 10.2 Å². The van der Waals surface area contributed by atoms with Gasteiger partial charge >= 0.3 is 0 Å². The normalized spacial score (nSPS) is 19.0. The Hall–Kier alpha value is 0.0600. The molecule has 5 heteroatoms. The summed E-state index contributed by atoms with van der Waals surface area (Å²) in [6, 6.07) is 2.06. The minimum atomic E-state index is -0.262. The molecule has 2 heterocycles. The number of nitrogens with zero attached hydrogens (tertiary/aromatic N) is 1. The maximum Gasteiger partial charge on any atom is 0.0791 e. The molecule has 0 amide bonds. The van der Waals surface area contributed by atoms with Gasteiger partial charge in [-0.25, -0.2) is 0 Å². The van der Waals surface area contributed by atoms with Crippen LogP contribution in [0.3, 0.4) is 0 Å². The van der Waals surface area contributed by atoms with Crippen molar-refractivity contribution in [3.63, 3.8) is 0 Å². The summed E-state index contributed by atoms with van der Waals surface area (Å²) in [5.74, 6) is 0. The van der Waals surface area contributed by atoms with Gasteiger partial charge in [-0.2, -0.15) is 0 Å². The Morgan fingerprint density at radius 3 is 2.83 bits per heavy atom. The van der Waals surface area contributed by atoms with Gasteiger partial charge in [0.1, 0.15) is 0 Å². The van der Waals surface area contributed by atoms with Crippen molar-refractivity contribution in [2.24, 2.45) is 0 Å². The predicted molar refractivity (Wildman–Crippen MR) is 80.0 cm³/mol. The first-order valence-corrected chi connectivity index (χ1v) is 8.26. The van der Waals surface area contributed by atoms with Crippen LogP contribution >= 0.6 is 27.3 Å². The van der Waals surface area contributed by atoms with Crippen LogP contribution in [0.4, 0.5) is 0 Å². The third-order valence-electron chi connectivity index (χ3n) is 3.27. The van der Waals surface area contributed by atoms with Gasteiger partial charge in [-0.1, -0.05) is 6.42 Å². The quantitative estimate of drug-likeness (QED) is 0.839. The van der Waals surface area contributed by atoms with Crippen molar-refractivity contribution in [1.29, 1.82) is 0 Å². The van der Waals surface area contributed by atoms with Gasteiger partial charge in [0.25, 0.3) is 0 Å². The van der Waals surface area contributed by atoms with E-state index in [0.29, 0.717) is 6.54 Å². The molecule has 3 nitrogen and oxygen atoms in total. The van der Waals surface area contributed by atoms with Crippen LogP contribution in [0, 0.1) is 0 Å². The average Bonchev–Trinajstić information content (AvgIpc) is 2.76. The number of rotatable bonds is 6. The molecule has 1 aromatic rings. The van der Waals surface area contributed by atoms with Crippen LogP contribution in [0.1, 0.15) is 24.1 Å². The zero-order chi connectivity index (χ0) is 12.8. The maximum atomic E-state index is 9.99. The Bertz CT molecular complexity index is 353. The van der Waals surface area contributed by atoms with Crippen LogP contribution in [-0.4, -0.2) is 42.3 Å². The number of nitrogens with one attached hydrogen (secondary N) is 1. The number of hydrogen-bond donors (Lipinski definition) is 2. The summed E-state index contributed by atoms with van der Waals surface area (Å²) in [4.78, 5) is 3.66. The van der Waals surface area contributed by atoms with Crippen LogP contribution in [-0.2, 0) is 6.54 Å². The summed E-state index contributed by atoms with van der Waals surface area (Å²) in [5, 5.41) is 15.4. The second-order valence-electron chi connectivity index (χ2n) is 4.84. The lowest BCUT2D eigenvalue weighted by Crippen LogP contribution is -2.40. The molecular formula is C13H21BrN2OS. The standard InChI is InChI=1S/C13H21BrN2OS/c14-12-4-7-18-13(12)9-15-8-11(17)10-16-5-2-1-3-6-16/h4,7,11,15,17H,1-3,5-6,8-10H2/t11-/m0/s1. The number of β-amino-alcohol motifs (C(OH)–C–C–N with tert-alkyl or cyclic N) is 1. The summed E-state index contributed by atoms with van der Waals surface area (Å²) in [6.45, 7) is 4.59. The molecule has 102 valence electrons. The second kappa shape index (κ2) is 7.60. The van der Waals surface area contributed by atoms with Crippen molar-refractivity contribution >= 4 is 27.3 Å². The van der Waals surface area contributed by atoms with Gasteiger partial charge in [0.15, 0.2) is 0 Å². The van der Waals surface area contributed by atoms with E-state index in [1.165, 1.54) is 24.1 Å². The van der Waals surface area contributed by atoms with E-state index >= 15 is 0 Å². The second-order valence-corrected chi connectivity index (χ2v) is 6.69. The van der Waals surface area contributed by atoms with E-state index in [2.05, 4.69) is 37.6 Å². The smallest absolute Gasteiger partial charge is 0.0791 e. The Kier molecular flexibility index (Phi) is 6.11. The number of aliphatic hydroxyl groups is 1. The molecule has 0 unspecified atom stereocenters. The van der Waals surface area contributed by atoms with Crippen molar-refractivity contribution < 1.29 is 5.11 Å². The molecule has 0 saturated carbocycles. The molecule has 1 aromatic heterocycles. The summed E-state index contributed by atoms with van der Waals surface area (Å²) < 4.78 is 1.16. The molecule has 1 aliphatic rings. The highest BCUT2D eigenvalue weighted by Crippen LogP contribution is 2.22. The largest absolute Gasteiger partial charge is 0.390 e. The molecule has 1 fully saturated rings. The number of piperidine rings is 1. The Labute approximate surface area is 121 Å². The van der Waals surface area contributed by atoms with Gasteiger partial charge in [-0.05, 0) is 53.3 Å². The maximum absolute atomic E-state index is 9.99. The monoisotopic (exact) mass is 332 g/mol. The SMILES string of the molecule is O[C@@H](CNCc1sccc1Br)CN1CCCCC1. The van der Waals surface area contributed by atoms with E-state index in [0.717, 1.165) is 30.7 Å². The van der Waals surface area contributed by atoms with Gasteiger partial charge in [0.05, 0.1) is 6.10 Å².